The van der Waals surface area contributed by atoms with E-state index in [4.69, 9.17) is 11.6 Å². The summed E-state index contributed by atoms with van der Waals surface area (Å²) in [6.45, 7) is 0. The average molecular weight is 279 g/mol. The van der Waals surface area contributed by atoms with Crippen LogP contribution in [-0.2, 0) is 6.42 Å². The number of aryl methyl sites for hydroxylation is 1. The van der Waals surface area contributed by atoms with Crippen molar-refractivity contribution in [2.24, 2.45) is 0 Å². The Bertz CT molecular complexity index is 555. The first-order valence-corrected chi connectivity index (χ1v) is 6.30. The van der Waals surface area contributed by atoms with E-state index in [0.717, 1.165) is 18.2 Å². The first-order chi connectivity index (χ1) is 9.19. The molecular formula is C14H12ClFN2O. The summed E-state index contributed by atoms with van der Waals surface area (Å²) in [6.07, 6.45) is 1.80. The van der Waals surface area contributed by atoms with Gasteiger partial charge in [0.2, 0.25) is 0 Å². The van der Waals surface area contributed by atoms with Crippen LogP contribution in [0.2, 0.25) is 0 Å². The number of carbonyl (C=O) groups excluding carboxylic acids is 1. The van der Waals surface area contributed by atoms with Gasteiger partial charge in [-0.05, 0) is 36.2 Å². The number of rotatable bonds is 4. The van der Waals surface area contributed by atoms with Gasteiger partial charge in [-0.3, -0.25) is 4.79 Å². The quantitative estimate of drug-likeness (QED) is 0.872. The lowest BCUT2D eigenvalue weighted by Gasteiger charge is -2.05. The molecule has 1 aromatic carbocycles. The fourth-order valence-corrected chi connectivity index (χ4v) is 1.79. The van der Waals surface area contributed by atoms with Crippen molar-refractivity contribution >= 4 is 23.2 Å². The Balaban J connectivity index is 2.04. The molecule has 1 N–H and O–H groups in total. The predicted octanol–water partition coefficient (Wildman–Crippen LogP) is 3.25. The molecule has 0 bridgehead atoms. The van der Waals surface area contributed by atoms with E-state index in [2.05, 4.69) is 10.3 Å². The fourth-order valence-electron chi connectivity index (χ4n) is 1.57. The minimum absolute atomic E-state index is 0.172. The number of anilines is 1. The summed E-state index contributed by atoms with van der Waals surface area (Å²) < 4.78 is 12.7. The molecule has 1 amide bonds. The minimum atomic E-state index is -0.470. The van der Waals surface area contributed by atoms with Crippen LogP contribution in [0.4, 0.5) is 10.1 Å². The maximum atomic E-state index is 12.7. The molecule has 0 aliphatic rings. The third-order valence-electron chi connectivity index (χ3n) is 2.55. The second-order valence-corrected chi connectivity index (χ2v) is 4.33. The van der Waals surface area contributed by atoms with Crippen LogP contribution in [0.15, 0.2) is 42.6 Å². The van der Waals surface area contributed by atoms with Crippen LogP contribution >= 0.6 is 11.6 Å². The van der Waals surface area contributed by atoms with E-state index in [9.17, 15) is 9.18 Å². The molecular weight excluding hydrogens is 267 g/mol. The van der Waals surface area contributed by atoms with Crippen LogP contribution < -0.4 is 5.32 Å². The molecule has 98 valence electrons. The topological polar surface area (TPSA) is 42.0 Å². The summed E-state index contributed by atoms with van der Waals surface area (Å²) in [5.41, 5.74) is 1.94. The molecule has 0 fully saturated rings. The number of pyridine rings is 1. The second-order valence-electron chi connectivity index (χ2n) is 3.95. The summed E-state index contributed by atoms with van der Waals surface area (Å²) in [5, 5.41) is 2.69. The lowest BCUT2D eigenvalue weighted by atomic mass is 10.1. The SMILES string of the molecule is O=C(Nc1ccc(CCCl)cc1)c1ccc(F)cn1. The van der Waals surface area contributed by atoms with Gasteiger partial charge in [0.05, 0.1) is 6.20 Å². The van der Waals surface area contributed by atoms with Gasteiger partial charge in [-0.1, -0.05) is 12.1 Å². The lowest BCUT2D eigenvalue weighted by molar-refractivity contribution is 0.102. The highest BCUT2D eigenvalue weighted by Gasteiger charge is 2.07. The Morgan fingerprint density at radius 2 is 1.95 bits per heavy atom. The number of carbonyl (C=O) groups is 1. The van der Waals surface area contributed by atoms with Gasteiger partial charge in [0.25, 0.3) is 5.91 Å². The molecule has 2 rings (SSSR count). The summed E-state index contributed by atoms with van der Waals surface area (Å²) in [5.74, 6) is -0.280. The van der Waals surface area contributed by atoms with Crippen molar-refractivity contribution in [1.82, 2.24) is 4.98 Å². The van der Waals surface area contributed by atoms with Crippen LogP contribution in [0.5, 0.6) is 0 Å². The highest BCUT2D eigenvalue weighted by molar-refractivity contribution is 6.18. The van der Waals surface area contributed by atoms with Crippen molar-refractivity contribution in [3.63, 3.8) is 0 Å². The molecule has 19 heavy (non-hydrogen) atoms. The highest BCUT2D eigenvalue weighted by Crippen LogP contribution is 2.11. The maximum absolute atomic E-state index is 12.7. The molecule has 0 radical (unpaired) electrons. The number of hydrogen-bond acceptors (Lipinski definition) is 2. The van der Waals surface area contributed by atoms with Crippen LogP contribution in [0, 0.1) is 5.82 Å². The summed E-state index contributed by atoms with van der Waals surface area (Å²) in [4.78, 5) is 15.5. The zero-order valence-corrected chi connectivity index (χ0v) is 10.8. The fraction of sp³-hybridized carbons (Fsp3) is 0.143. The monoisotopic (exact) mass is 278 g/mol. The Morgan fingerprint density at radius 3 is 2.53 bits per heavy atom. The molecule has 0 saturated carbocycles. The molecule has 1 heterocycles. The zero-order chi connectivity index (χ0) is 13.7. The Kier molecular flexibility index (Phi) is 4.47. The normalized spacial score (nSPS) is 10.2. The third kappa shape index (κ3) is 3.76. The van der Waals surface area contributed by atoms with Crippen molar-refractivity contribution < 1.29 is 9.18 Å². The van der Waals surface area contributed by atoms with Crippen molar-refractivity contribution in [1.29, 1.82) is 0 Å². The summed E-state index contributed by atoms with van der Waals surface area (Å²) in [6, 6.07) is 9.93. The van der Waals surface area contributed by atoms with E-state index < -0.39 is 5.82 Å². The molecule has 0 atom stereocenters. The number of aromatic nitrogens is 1. The smallest absolute Gasteiger partial charge is 0.274 e. The van der Waals surface area contributed by atoms with Crippen LogP contribution in [-0.4, -0.2) is 16.8 Å². The van der Waals surface area contributed by atoms with E-state index in [-0.39, 0.29) is 11.6 Å². The van der Waals surface area contributed by atoms with Crippen molar-refractivity contribution in [3.8, 4) is 0 Å². The largest absolute Gasteiger partial charge is 0.321 e. The number of nitrogens with zero attached hydrogens (tertiary/aromatic N) is 1. The van der Waals surface area contributed by atoms with Crippen molar-refractivity contribution in [2.45, 2.75) is 6.42 Å². The molecule has 0 saturated heterocycles. The number of halogens is 2. The molecule has 0 aliphatic carbocycles. The molecule has 0 spiro atoms. The van der Waals surface area contributed by atoms with Gasteiger partial charge in [-0.2, -0.15) is 0 Å². The van der Waals surface area contributed by atoms with E-state index in [1.807, 2.05) is 12.1 Å². The number of amides is 1. The standard InChI is InChI=1S/C14H12ClFN2O/c15-8-7-10-1-4-12(5-2-10)18-14(19)13-6-3-11(16)9-17-13/h1-6,9H,7-8H2,(H,18,19). The number of nitrogens with one attached hydrogen (secondary N) is 1. The maximum Gasteiger partial charge on any atom is 0.274 e. The lowest BCUT2D eigenvalue weighted by Crippen LogP contribution is -2.13. The second kappa shape index (κ2) is 6.29. The van der Waals surface area contributed by atoms with Gasteiger partial charge in [-0.15, -0.1) is 11.6 Å². The molecule has 1 aromatic heterocycles. The number of hydrogen-bond donors (Lipinski definition) is 1. The highest BCUT2D eigenvalue weighted by atomic mass is 35.5. The van der Waals surface area contributed by atoms with E-state index in [0.29, 0.717) is 11.6 Å². The number of benzene rings is 1. The molecule has 5 heteroatoms. The van der Waals surface area contributed by atoms with Gasteiger partial charge in [-0.25, -0.2) is 9.37 Å². The van der Waals surface area contributed by atoms with Crippen LogP contribution in [0.1, 0.15) is 16.1 Å². The summed E-state index contributed by atoms with van der Waals surface area (Å²) in [7, 11) is 0. The minimum Gasteiger partial charge on any atom is -0.321 e. The van der Waals surface area contributed by atoms with E-state index in [1.54, 1.807) is 12.1 Å². The predicted molar refractivity (Wildman–Crippen MR) is 73.0 cm³/mol. The van der Waals surface area contributed by atoms with Gasteiger partial charge < -0.3 is 5.32 Å². The van der Waals surface area contributed by atoms with Gasteiger partial charge >= 0.3 is 0 Å². The first kappa shape index (κ1) is 13.5. The van der Waals surface area contributed by atoms with Crippen LogP contribution in [0.25, 0.3) is 0 Å². The Labute approximate surface area is 115 Å². The Morgan fingerprint density at radius 1 is 1.21 bits per heavy atom. The van der Waals surface area contributed by atoms with Gasteiger partial charge in [0.1, 0.15) is 11.5 Å². The molecule has 2 aromatic rings. The molecule has 3 nitrogen and oxygen atoms in total. The van der Waals surface area contributed by atoms with Crippen molar-refractivity contribution in [3.05, 3.63) is 59.7 Å². The van der Waals surface area contributed by atoms with Crippen molar-refractivity contribution in [2.75, 3.05) is 11.2 Å². The summed E-state index contributed by atoms with van der Waals surface area (Å²) >= 11 is 5.64. The van der Waals surface area contributed by atoms with Gasteiger partial charge in [0, 0.05) is 11.6 Å². The van der Waals surface area contributed by atoms with E-state index in [1.165, 1.54) is 12.1 Å². The third-order valence-corrected chi connectivity index (χ3v) is 2.74. The first-order valence-electron chi connectivity index (χ1n) is 5.77. The van der Waals surface area contributed by atoms with E-state index >= 15 is 0 Å². The molecule has 0 aliphatic heterocycles. The Hall–Kier alpha value is -1.94. The van der Waals surface area contributed by atoms with Crippen LogP contribution in [0.3, 0.4) is 0 Å². The number of alkyl halides is 1. The zero-order valence-electron chi connectivity index (χ0n) is 10.1. The molecule has 0 unspecified atom stereocenters. The van der Waals surface area contributed by atoms with Gasteiger partial charge in [0.15, 0.2) is 0 Å². The average Bonchev–Trinajstić information content (AvgIpc) is 2.42.